The number of likely N-dealkylation sites (N-methyl/N-ethyl adjacent to an activating group) is 1. The topological polar surface area (TPSA) is 81.8 Å². The number of H-pyrrole nitrogens is 2. The van der Waals surface area contributed by atoms with E-state index in [1.807, 2.05) is 18.2 Å². The number of carbonyl (C=O) groups is 2. The van der Waals surface area contributed by atoms with E-state index < -0.39 is 0 Å². The van der Waals surface area contributed by atoms with Crippen molar-refractivity contribution in [2.24, 2.45) is 5.41 Å². The molecule has 2 N–H and O–H groups in total. The quantitative estimate of drug-likeness (QED) is 0.697. The standard InChI is InChI=1S/C21H24N4O2/c1-21(2)7-6-15-18(12-21)23-24-19(15)17-11-14-10-13(4-5-16(14)22-17)20(27)25(3)8-9-26/h4-5,9-11,22H,6-8,12H2,1-3H3,(H,23,24). The van der Waals surface area contributed by atoms with E-state index in [1.54, 1.807) is 13.1 Å². The monoisotopic (exact) mass is 364 g/mol. The lowest BCUT2D eigenvalue weighted by atomic mass is 9.76. The van der Waals surface area contributed by atoms with Crippen molar-refractivity contribution in [3.05, 3.63) is 41.1 Å². The largest absolute Gasteiger partial charge is 0.353 e. The first-order valence-electron chi connectivity index (χ1n) is 9.26. The fourth-order valence-corrected chi connectivity index (χ4v) is 3.88. The van der Waals surface area contributed by atoms with Gasteiger partial charge >= 0.3 is 0 Å². The molecule has 0 saturated heterocycles. The second-order valence-corrected chi connectivity index (χ2v) is 8.21. The number of carbonyl (C=O) groups excluding carboxylic acids is 2. The van der Waals surface area contributed by atoms with Crippen molar-refractivity contribution in [1.82, 2.24) is 20.1 Å². The van der Waals surface area contributed by atoms with Gasteiger partial charge in [-0.2, -0.15) is 5.10 Å². The molecule has 0 bridgehead atoms. The van der Waals surface area contributed by atoms with Crippen LogP contribution in [0.2, 0.25) is 0 Å². The minimum atomic E-state index is -0.161. The van der Waals surface area contributed by atoms with E-state index in [0.717, 1.165) is 47.8 Å². The number of aromatic nitrogens is 3. The molecule has 6 nitrogen and oxygen atoms in total. The van der Waals surface area contributed by atoms with Crippen molar-refractivity contribution < 1.29 is 9.59 Å². The van der Waals surface area contributed by atoms with Crippen LogP contribution in [0, 0.1) is 5.41 Å². The van der Waals surface area contributed by atoms with Gasteiger partial charge in [-0.25, -0.2) is 0 Å². The number of aldehydes is 1. The molecular formula is C21H24N4O2. The fourth-order valence-electron chi connectivity index (χ4n) is 3.88. The maximum Gasteiger partial charge on any atom is 0.254 e. The van der Waals surface area contributed by atoms with E-state index in [4.69, 9.17) is 0 Å². The Labute approximate surface area is 158 Å². The molecule has 0 atom stereocenters. The van der Waals surface area contributed by atoms with Crippen molar-refractivity contribution in [3.8, 4) is 11.4 Å². The molecule has 1 aliphatic carbocycles. The Morgan fingerprint density at radius 1 is 1.33 bits per heavy atom. The van der Waals surface area contributed by atoms with Crippen LogP contribution in [-0.2, 0) is 17.6 Å². The number of hydrogen-bond acceptors (Lipinski definition) is 3. The van der Waals surface area contributed by atoms with Crippen LogP contribution in [-0.4, -0.2) is 45.9 Å². The summed E-state index contributed by atoms with van der Waals surface area (Å²) in [6, 6.07) is 7.60. The van der Waals surface area contributed by atoms with E-state index in [2.05, 4.69) is 29.0 Å². The van der Waals surface area contributed by atoms with Crippen molar-refractivity contribution in [3.63, 3.8) is 0 Å². The number of nitrogens with one attached hydrogen (secondary N) is 2. The van der Waals surface area contributed by atoms with Gasteiger partial charge in [-0.05, 0) is 48.9 Å². The predicted molar refractivity (Wildman–Crippen MR) is 105 cm³/mol. The third kappa shape index (κ3) is 3.16. The number of nitrogens with zero attached hydrogens (tertiary/aromatic N) is 2. The third-order valence-corrected chi connectivity index (χ3v) is 5.48. The molecule has 1 aliphatic rings. The van der Waals surface area contributed by atoms with E-state index in [1.165, 1.54) is 16.2 Å². The highest BCUT2D eigenvalue weighted by Gasteiger charge is 2.29. The highest BCUT2D eigenvalue weighted by atomic mass is 16.2. The van der Waals surface area contributed by atoms with Crippen LogP contribution < -0.4 is 0 Å². The summed E-state index contributed by atoms with van der Waals surface area (Å²) >= 11 is 0. The molecule has 0 spiro atoms. The number of amides is 1. The SMILES string of the molecule is CN(CC=O)C(=O)c1ccc2[nH]c(-c3n[nH]c4c3CCC(C)(C)C4)cc2c1. The van der Waals surface area contributed by atoms with Gasteiger partial charge in [-0.15, -0.1) is 0 Å². The number of benzene rings is 1. The van der Waals surface area contributed by atoms with Crippen molar-refractivity contribution in [2.75, 3.05) is 13.6 Å². The molecule has 2 heterocycles. The maximum atomic E-state index is 12.4. The van der Waals surface area contributed by atoms with Crippen molar-refractivity contribution in [2.45, 2.75) is 33.1 Å². The molecular weight excluding hydrogens is 340 g/mol. The summed E-state index contributed by atoms with van der Waals surface area (Å²) in [6.07, 6.45) is 3.91. The van der Waals surface area contributed by atoms with Crippen LogP contribution in [0.5, 0.6) is 0 Å². The summed E-state index contributed by atoms with van der Waals surface area (Å²) < 4.78 is 0. The smallest absolute Gasteiger partial charge is 0.254 e. The van der Waals surface area contributed by atoms with Crippen LogP contribution in [0.4, 0.5) is 0 Å². The zero-order valence-corrected chi connectivity index (χ0v) is 15.9. The predicted octanol–water partition coefficient (Wildman–Crippen LogP) is 3.34. The van der Waals surface area contributed by atoms with Gasteiger partial charge in [0.05, 0.1) is 12.2 Å². The third-order valence-electron chi connectivity index (χ3n) is 5.48. The molecule has 6 heteroatoms. The van der Waals surface area contributed by atoms with Crippen molar-refractivity contribution in [1.29, 1.82) is 0 Å². The second-order valence-electron chi connectivity index (χ2n) is 8.21. The Hall–Kier alpha value is -2.89. The van der Waals surface area contributed by atoms with Gasteiger partial charge in [0.2, 0.25) is 0 Å². The zero-order chi connectivity index (χ0) is 19.2. The molecule has 140 valence electrons. The Morgan fingerprint density at radius 2 is 2.15 bits per heavy atom. The molecule has 1 amide bonds. The lowest BCUT2D eigenvalue weighted by Gasteiger charge is -2.28. The Balaban J connectivity index is 1.68. The molecule has 0 radical (unpaired) electrons. The Morgan fingerprint density at radius 3 is 2.93 bits per heavy atom. The van der Waals surface area contributed by atoms with Crippen LogP contribution >= 0.6 is 0 Å². The minimum Gasteiger partial charge on any atom is -0.353 e. The molecule has 27 heavy (non-hydrogen) atoms. The van der Waals surface area contributed by atoms with Crippen LogP contribution in [0.1, 0.15) is 41.9 Å². The van der Waals surface area contributed by atoms with Gasteiger partial charge in [-0.1, -0.05) is 13.8 Å². The Bertz CT molecular complexity index is 1030. The molecule has 1 aromatic carbocycles. The molecule has 0 aliphatic heterocycles. The van der Waals surface area contributed by atoms with Crippen LogP contribution in [0.3, 0.4) is 0 Å². The van der Waals surface area contributed by atoms with Crippen molar-refractivity contribution >= 4 is 23.1 Å². The normalized spacial score (nSPS) is 15.5. The minimum absolute atomic E-state index is 0.0883. The molecule has 0 fully saturated rings. The first-order chi connectivity index (χ1) is 12.9. The van der Waals surface area contributed by atoms with Gasteiger partial charge in [0.25, 0.3) is 5.91 Å². The second kappa shape index (κ2) is 6.37. The van der Waals surface area contributed by atoms with E-state index in [0.29, 0.717) is 11.0 Å². The molecule has 3 aromatic rings. The maximum absolute atomic E-state index is 12.4. The van der Waals surface area contributed by atoms with Gasteiger partial charge in [-0.3, -0.25) is 9.89 Å². The van der Waals surface area contributed by atoms with Gasteiger partial charge < -0.3 is 14.7 Å². The zero-order valence-electron chi connectivity index (χ0n) is 15.9. The summed E-state index contributed by atoms with van der Waals surface area (Å²) in [6.45, 7) is 4.67. The lowest BCUT2D eigenvalue weighted by Crippen LogP contribution is -2.28. The molecule has 2 aromatic heterocycles. The number of hydrogen-bond donors (Lipinski definition) is 2. The number of rotatable bonds is 4. The molecule has 0 saturated carbocycles. The summed E-state index contributed by atoms with van der Waals surface area (Å²) in [4.78, 5) is 27.9. The fraction of sp³-hybridized carbons (Fsp3) is 0.381. The van der Waals surface area contributed by atoms with Crippen LogP contribution in [0.15, 0.2) is 24.3 Å². The van der Waals surface area contributed by atoms with Gasteiger partial charge in [0, 0.05) is 34.8 Å². The Kier molecular flexibility index (Phi) is 4.13. The van der Waals surface area contributed by atoms with E-state index in [-0.39, 0.29) is 12.5 Å². The lowest BCUT2D eigenvalue weighted by molar-refractivity contribution is -0.108. The number of aromatic amines is 2. The summed E-state index contributed by atoms with van der Waals surface area (Å²) in [5.74, 6) is -0.161. The van der Waals surface area contributed by atoms with Gasteiger partial charge in [0.15, 0.2) is 0 Å². The highest BCUT2D eigenvalue weighted by Crippen LogP contribution is 2.38. The summed E-state index contributed by atoms with van der Waals surface area (Å²) in [5, 5.41) is 8.75. The van der Waals surface area contributed by atoms with Gasteiger partial charge in [0.1, 0.15) is 12.0 Å². The first-order valence-corrected chi connectivity index (χ1v) is 9.26. The van der Waals surface area contributed by atoms with E-state index in [9.17, 15) is 9.59 Å². The average Bonchev–Trinajstić information content (AvgIpc) is 3.22. The molecule has 0 unspecified atom stereocenters. The summed E-state index contributed by atoms with van der Waals surface area (Å²) in [5.41, 5.74) is 6.31. The average molecular weight is 364 g/mol. The first kappa shape index (κ1) is 17.5. The molecule has 4 rings (SSSR count). The number of fused-ring (bicyclic) bond motifs is 2. The highest BCUT2D eigenvalue weighted by molar-refractivity contribution is 5.99. The van der Waals surface area contributed by atoms with E-state index >= 15 is 0 Å². The summed E-state index contributed by atoms with van der Waals surface area (Å²) in [7, 11) is 1.63. The van der Waals surface area contributed by atoms with Crippen LogP contribution in [0.25, 0.3) is 22.3 Å².